The lowest BCUT2D eigenvalue weighted by molar-refractivity contribution is -0.133. The van der Waals surface area contributed by atoms with Crippen LogP contribution in [0, 0.1) is 5.92 Å². The van der Waals surface area contributed by atoms with Gasteiger partial charge < -0.3 is 4.74 Å². The first kappa shape index (κ1) is 10.7. The molecule has 0 bridgehead atoms. The molecule has 0 aromatic carbocycles. The van der Waals surface area contributed by atoms with Gasteiger partial charge in [0, 0.05) is 13.0 Å². The number of rotatable bonds is 5. The lowest BCUT2D eigenvalue weighted by Gasteiger charge is -2.16. The van der Waals surface area contributed by atoms with Gasteiger partial charge in [-0.05, 0) is 19.3 Å². The predicted molar refractivity (Wildman–Crippen MR) is 52.7 cm³/mol. The lowest BCUT2D eigenvalue weighted by Crippen LogP contribution is -2.28. The van der Waals surface area contributed by atoms with Gasteiger partial charge in [-0.1, -0.05) is 26.2 Å². The minimum Gasteiger partial charge on any atom is -0.374 e. The van der Waals surface area contributed by atoms with Crippen LogP contribution in [0.15, 0.2) is 0 Å². The minimum atomic E-state index is -0.131. The molecule has 0 amide bonds. The van der Waals surface area contributed by atoms with Crippen molar-refractivity contribution in [2.75, 3.05) is 7.11 Å². The van der Waals surface area contributed by atoms with E-state index in [-0.39, 0.29) is 6.10 Å². The number of Topliss-reactive ketones (excluding diaryl/α,β-unsaturated/α-hetero) is 1. The zero-order chi connectivity index (χ0) is 9.68. The number of ether oxygens (including phenoxy) is 1. The quantitative estimate of drug-likeness (QED) is 0.656. The number of carbonyl (C=O) groups excluding carboxylic acids is 1. The van der Waals surface area contributed by atoms with Crippen molar-refractivity contribution in [2.24, 2.45) is 5.92 Å². The summed E-state index contributed by atoms with van der Waals surface area (Å²) in [5.74, 6) is 0.651. The third kappa shape index (κ3) is 2.80. The molecule has 1 atom stereocenters. The van der Waals surface area contributed by atoms with Crippen molar-refractivity contribution in [3.05, 3.63) is 0 Å². The summed E-state index contributed by atoms with van der Waals surface area (Å²) in [4.78, 5) is 11.8. The summed E-state index contributed by atoms with van der Waals surface area (Å²) in [6, 6.07) is 0. The number of carbonyl (C=O) groups is 1. The van der Waals surface area contributed by atoms with E-state index in [1.54, 1.807) is 7.11 Å². The van der Waals surface area contributed by atoms with Crippen LogP contribution >= 0.6 is 0 Å². The molecule has 0 saturated heterocycles. The van der Waals surface area contributed by atoms with Gasteiger partial charge in [0.2, 0.25) is 0 Å². The van der Waals surface area contributed by atoms with E-state index in [0.29, 0.717) is 11.7 Å². The van der Waals surface area contributed by atoms with Crippen molar-refractivity contribution in [3.8, 4) is 0 Å². The molecule has 1 rings (SSSR count). The Morgan fingerprint density at radius 3 is 2.54 bits per heavy atom. The Morgan fingerprint density at radius 1 is 1.46 bits per heavy atom. The van der Waals surface area contributed by atoms with Crippen molar-refractivity contribution in [3.63, 3.8) is 0 Å². The molecule has 1 aliphatic carbocycles. The average Bonchev–Trinajstić information content (AvgIpc) is 2.65. The molecule has 0 radical (unpaired) electrons. The minimum absolute atomic E-state index is 0.131. The molecule has 2 nitrogen and oxygen atoms in total. The molecule has 1 unspecified atom stereocenters. The predicted octanol–water partition coefficient (Wildman–Crippen LogP) is 2.56. The van der Waals surface area contributed by atoms with Crippen LogP contribution < -0.4 is 0 Å². The van der Waals surface area contributed by atoms with Crippen LogP contribution in [-0.2, 0) is 9.53 Å². The van der Waals surface area contributed by atoms with Crippen LogP contribution in [0.3, 0.4) is 0 Å². The van der Waals surface area contributed by atoms with Crippen molar-refractivity contribution in [1.82, 2.24) is 0 Å². The number of hydrogen-bond donors (Lipinski definition) is 0. The van der Waals surface area contributed by atoms with Crippen LogP contribution in [0.5, 0.6) is 0 Å². The Kier molecular flexibility index (Phi) is 4.43. The van der Waals surface area contributed by atoms with Gasteiger partial charge in [0.25, 0.3) is 0 Å². The Bertz CT molecular complexity index is 159. The van der Waals surface area contributed by atoms with Gasteiger partial charge in [0.05, 0.1) is 0 Å². The van der Waals surface area contributed by atoms with Crippen LogP contribution in [0.1, 0.15) is 45.4 Å². The number of methoxy groups -OCH3 is 1. The highest BCUT2D eigenvalue weighted by Crippen LogP contribution is 2.27. The summed E-state index contributed by atoms with van der Waals surface area (Å²) in [6.45, 7) is 2.09. The zero-order valence-corrected chi connectivity index (χ0v) is 8.71. The maximum absolute atomic E-state index is 11.8. The second-order valence-electron chi connectivity index (χ2n) is 3.90. The molecule has 1 fully saturated rings. The first-order valence-electron chi connectivity index (χ1n) is 5.36. The molecule has 0 aromatic rings. The Labute approximate surface area is 80.7 Å². The zero-order valence-electron chi connectivity index (χ0n) is 8.71. The summed E-state index contributed by atoms with van der Waals surface area (Å²) in [5, 5.41) is 0. The van der Waals surface area contributed by atoms with E-state index in [4.69, 9.17) is 4.74 Å². The smallest absolute Gasteiger partial charge is 0.164 e. The highest BCUT2D eigenvalue weighted by atomic mass is 16.5. The van der Waals surface area contributed by atoms with E-state index in [0.717, 1.165) is 25.7 Å². The highest BCUT2D eigenvalue weighted by molar-refractivity contribution is 5.85. The van der Waals surface area contributed by atoms with E-state index < -0.39 is 0 Å². The molecule has 13 heavy (non-hydrogen) atoms. The van der Waals surface area contributed by atoms with E-state index in [1.807, 2.05) is 0 Å². The third-order valence-electron chi connectivity index (χ3n) is 2.91. The first-order chi connectivity index (χ1) is 6.29. The molecule has 2 heteroatoms. The Morgan fingerprint density at radius 2 is 2.08 bits per heavy atom. The maximum Gasteiger partial charge on any atom is 0.164 e. The van der Waals surface area contributed by atoms with Gasteiger partial charge in [-0.2, -0.15) is 0 Å². The molecule has 0 heterocycles. The standard InChI is InChI=1S/C11H20O2/c1-3-6-10(13-2)11(12)9-7-4-5-8-9/h9-10H,3-8H2,1-2H3. The molecule has 1 aliphatic rings. The van der Waals surface area contributed by atoms with Crippen molar-refractivity contribution in [1.29, 1.82) is 0 Å². The summed E-state index contributed by atoms with van der Waals surface area (Å²) in [5.41, 5.74) is 0. The average molecular weight is 184 g/mol. The molecule has 0 spiro atoms. The SMILES string of the molecule is CCCC(OC)C(=O)C1CCCC1. The number of ketones is 1. The maximum atomic E-state index is 11.8. The second-order valence-corrected chi connectivity index (χ2v) is 3.90. The normalized spacial score (nSPS) is 20.5. The van der Waals surface area contributed by atoms with E-state index >= 15 is 0 Å². The topological polar surface area (TPSA) is 26.3 Å². The second kappa shape index (κ2) is 5.38. The largest absolute Gasteiger partial charge is 0.374 e. The Balaban J connectivity index is 2.42. The van der Waals surface area contributed by atoms with Crippen molar-refractivity contribution in [2.45, 2.75) is 51.6 Å². The molecule has 0 aromatic heterocycles. The summed E-state index contributed by atoms with van der Waals surface area (Å²) in [6.07, 6.45) is 6.39. The number of hydrogen-bond acceptors (Lipinski definition) is 2. The molecule has 0 aliphatic heterocycles. The first-order valence-corrected chi connectivity index (χ1v) is 5.36. The summed E-state index contributed by atoms with van der Waals surface area (Å²) >= 11 is 0. The van der Waals surface area contributed by atoms with Crippen LogP contribution in [0.2, 0.25) is 0 Å². The van der Waals surface area contributed by atoms with Gasteiger partial charge in [-0.3, -0.25) is 4.79 Å². The Hall–Kier alpha value is -0.370. The highest BCUT2D eigenvalue weighted by Gasteiger charge is 2.28. The lowest BCUT2D eigenvalue weighted by atomic mass is 9.96. The fourth-order valence-corrected chi connectivity index (χ4v) is 2.11. The fourth-order valence-electron chi connectivity index (χ4n) is 2.11. The van der Waals surface area contributed by atoms with E-state index in [9.17, 15) is 4.79 Å². The molecule has 76 valence electrons. The van der Waals surface area contributed by atoms with Crippen molar-refractivity contribution < 1.29 is 9.53 Å². The van der Waals surface area contributed by atoms with Crippen molar-refractivity contribution >= 4 is 5.78 Å². The van der Waals surface area contributed by atoms with E-state index in [1.165, 1.54) is 12.8 Å². The van der Waals surface area contributed by atoms with Gasteiger partial charge in [-0.15, -0.1) is 0 Å². The molecule has 0 N–H and O–H groups in total. The van der Waals surface area contributed by atoms with Gasteiger partial charge >= 0.3 is 0 Å². The fraction of sp³-hybridized carbons (Fsp3) is 0.909. The van der Waals surface area contributed by atoms with Gasteiger partial charge in [0.1, 0.15) is 6.10 Å². The van der Waals surface area contributed by atoms with E-state index in [2.05, 4.69) is 6.92 Å². The molecular formula is C11H20O2. The van der Waals surface area contributed by atoms with Gasteiger partial charge in [-0.25, -0.2) is 0 Å². The van der Waals surface area contributed by atoms with Gasteiger partial charge in [0.15, 0.2) is 5.78 Å². The van der Waals surface area contributed by atoms with Crippen LogP contribution in [0.25, 0.3) is 0 Å². The molecule has 1 saturated carbocycles. The summed E-state index contributed by atoms with van der Waals surface area (Å²) in [7, 11) is 1.65. The van der Waals surface area contributed by atoms with Crippen LogP contribution in [0.4, 0.5) is 0 Å². The third-order valence-corrected chi connectivity index (χ3v) is 2.91. The summed E-state index contributed by atoms with van der Waals surface area (Å²) < 4.78 is 5.22. The monoisotopic (exact) mass is 184 g/mol. The molecular weight excluding hydrogens is 164 g/mol. The van der Waals surface area contributed by atoms with Crippen LogP contribution in [-0.4, -0.2) is 19.0 Å².